The minimum Gasteiger partial charge on any atom is -0.507 e. The van der Waals surface area contributed by atoms with E-state index in [9.17, 15) is 23.5 Å². The Balaban J connectivity index is 1.91. The van der Waals surface area contributed by atoms with Crippen LogP contribution in [-0.2, 0) is 9.59 Å². The van der Waals surface area contributed by atoms with Gasteiger partial charge in [0.15, 0.2) is 0 Å². The lowest BCUT2D eigenvalue weighted by molar-refractivity contribution is -0.132. The maximum Gasteiger partial charge on any atom is 0.300 e. The first-order chi connectivity index (χ1) is 15.8. The van der Waals surface area contributed by atoms with Gasteiger partial charge in [-0.2, -0.15) is 0 Å². The molecule has 8 heteroatoms. The van der Waals surface area contributed by atoms with Crippen molar-refractivity contribution in [2.45, 2.75) is 26.0 Å². The van der Waals surface area contributed by atoms with Crippen LogP contribution < -0.4 is 9.64 Å². The Bertz CT molecular complexity index is 1260. The fourth-order valence-corrected chi connectivity index (χ4v) is 3.76. The molecule has 3 aromatic rings. The molecule has 1 aromatic heterocycles. The number of ether oxygens (including phenoxy) is 1. The number of Topliss-reactive ketones (excluding diaryl/α,β-unsaturated/α-hetero) is 1. The summed E-state index contributed by atoms with van der Waals surface area (Å²) in [5.74, 6) is -3.84. The molecule has 0 saturated carbocycles. The number of aromatic nitrogens is 1. The van der Waals surface area contributed by atoms with Crippen LogP contribution in [0.3, 0.4) is 0 Å². The number of pyridine rings is 1. The molecule has 1 aliphatic rings. The SMILES string of the molecule is CC(C)Oc1cccc(/C(O)=C2\C(=O)C(=O)N(c3ccc(F)cc3F)C2c2ccncc2)c1. The van der Waals surface area contributed by atoms with Gasteiger partial charge in [-0.3, -0.25) is 19.5 Å². The van der Waals surface area contributed by atoms with Crippen LogP contribution in [0.1, 0.15) is 31.0 Å². The number of anilines is 1. The highest BCUT2D eigenvalue weighted by atomic mass is 19.1. The van der Waals surface area contributed by atoms with Crippen molar-refractivity contribution in [3.63, 3.8) is 0 Å². The molecule has 0 spiro atoms. The summed E-state index contributed by atoms with van der Waals surface area (Å²) in [6.45, 7) is 3.69. The summed E-state index contributed by atoms with van der Waals surface area (Å²) in [7, 11) is 0. The molecule has 4 rings (SSSR count). The molecule has 0 bridgehead atoms. The number of aliphatic hydroxyl groups is 1. The van der Waals surface area contributed by atoms with Crippen LogP contribution in [-0.4, -0.2) is 27.9 Å². The third-order valence-electron chi connectivity index (χ3n) is 5.11. The zero-order valence-electron chi connectivity index (χ0n) is 17.8. The highest BCUT2D eigenvalue weighted by Crippen LogP contribution is 2.43. The van der Waals surface area contributed by atoms with Crippen molar-refractivity contribution in [2.24, 2.45) is 0 Å². The lowest BCUT2D eigenvalue weighted by atomic mass is 9.95. The van der Waals surface area contributed by atoms with Gasteiger partial charge in [-0.25, -0.2) is 8.78 Å². The van der Waals surface area contributed by atoms with Gasteiger partial charge in [0.1, 0.15) is 23.1 Å². The predicted molar refractivity (Wildman–Crippen MR) is 118 cm³/mol. The average molecular weight is 450 g/mol. The number of amides is 1. The molecule has 168 valence electrons. The van der Waals surface area contributed by atoms with Crippen LogP contribution in [0.25, 0.3) is 5.76 Å². The van der Waals surface area contributed by atoms with E-state index in [-0.39, 0.29) is 22.9 Å². The van der Waals surface area contributed by atoms with Crippen LogP contribution in [0, 0.1) is 11.6 Å². The standard InChI is InChI=1S/C25H20F2N2O4/c1-14(2)33-18-5-3-4-16(12-18)23(30)21-22(15-8-10-28-11-9-15)29(25(32)24(21)31)20-7-6-17(26)13-19(20)27/h3-14,22,30H,1-2H3/b23-21+. The Morgan fingerprint density at radius 1 is 1.06 bits per heavy atom. The Hall–Kier alpha value is -4.07. The zero-order valence-corrected chi connectivity index (χ0v) is 17.8. The highest BCUT2D eigenvalue weighted by Gasteiger charge is 2.47. The topological polar surface area (TPSA) is 79.7 Å². The Kier molecular flexibility index (Phi) is 5.91. The van der Waals surface area contributed by atoms with Crippen molar-refractivity contribution in [1.82, 2.24) is 4.98 Å². The fraction of sp³-hybridized carbons (Fsp3) is 0.160. The number of halogens is 2. The molecule has 0 radical (unpaired) electrons. The molecule has 2 aromatic carbocycles. The van der Waals surface area contributed by atoms with E-state index in [2.05, 4.69) is 4.98 Å². The quantitative estimate of drug-likeness (QED) is 0.344. The second kappa shape index (κ2) is 8.82. The predicted octanol–water partition coefficient (Wildman–Crippen LogP) is 4.77. The van der Waals surface area contributed by atoms with Gasteiger partial charge in [0, 0.05) is 24.0 Å². The minimum absolute atomic E-state index is 0.119. The highest BCUT2D eigenvalue weighted by molar-refractivity contribution is 6.51. The van der Waals surface area contributed by atoms with E-state index in [1.807, 2.05) is 13.8 Å². The number of nitrogens with zero attached hydrogens (tertiary/aromatic N) is 2. The molecule has 1 N–H and O–H groups in total. The summed E-state index contributed by atoms with van der Waals surface area (Å²) in [6.07, 6.45) is 2.78. The third-order valence-corrected chi connectivity index (χ3v) is 5.11. The molecule has 1 amide bonds. The average Bonchev–Trinajstić information content (AvgIpc) is 3.04. The Morgan fingerprint density at radius 3 is 2.45 bits per heavy atom. The number of rotatable bonds is 5. The van der Waals surface area contributed by atoms with E-state index in [1.165, 1.54) is 12.4 Å². The third kappa shape index (κ3) is 4.19. The Morgan fingerprint density at radius 2 is 1.79 bits per heavy atom. The van der Waals surface area contributed by atoms with E-state index < -0.39 is 35.1 Å². The summed E-state index contributed by atoms with van der Waals surface area (Å²) in [6, 6.07) is 11.1. The van der Waals surface area contributed by atoms with Crippen LogP contribution in [0.15, 0.2) is 72.6 Å². The van der Waals surface area contributed by atoms with Crippen molar-refractivity contribution in [1.29, 1.82) is 0 Å². The molecule has 1 atom stereocenters. The van der Waals surface area contributed by atoms with Gasteiger partial charge < -0.3 is 9.84 Å². The first-order valence-electron chi connectivity index (χ1n) is 10.2. The molecule has 1 unspecified atom stereocenters. The molecule has 6 nitrogen and oxygen atoms in total. The summed E-state index contributed by atoms with van der Waals surface area (Å²) in [4.78, 5) is 31.0. The van der Waals surface area contributed by atoms with Crippen molar-refractivity contribution < 1.29 is 28.2 Å². The minimum atomic E-state index is -1.15. The molecule has 1 saturated heterocycles. The monoisotopic (exact) mass is 450 g/mol. The first kappa shape index (κ1) is 22.1. The lowest BCUT2D eigenvalue weighted by Gasteiger charge is -2.25. The molecular formula is C25H20F2N2O4. The van der Waals surface area contributed by atoms with E-state index in [0.29, 0.717) is 17.4 Å². The van der Waals surface area contributed by atoms with E-state index in [1.54, 1.807) is 36.4 Å². The molecular weight excluding hydrogens is 430 g/mol. The summed E-state index contributed by atoms with van der Waals surface area (Å²) in [5, 5.41) is 11.1. The summed E-state index contributed by atoms with van der Waals surface area (Å²) < 4.78 is 33.8. The number of aliphatic hydroxyl groups excluding tert-OH is 1. The number of benzene rings is 2. The van der Waals surface area contributed by atoms with Crippen molar-refractivity contribution >= 4 is 23.1 Å². The van der Waals surface area contributed by atoms with Crippen LogP contribution in [0.4, 0.5) is 14.5 Å². The van der Waals surface area contributed by atoms with E-state index in [4.69, 9.17) is 4.74 Å². The van der Waals surface area contributed by atoms with Gasteiger partial charge in [-0.15, -0.1) is 0 Å². The largest absolute Gasteiger partial charge is 0.507 e. The van der Waals surface area contributed by atoms with E-state index in [0.717, 1.165) is 17.0 Å². The maximum absolute atomic E-state index is 14.7. The van der Waals surface area contributed by atoms with Gasteiger partial charge in [-0.1, -0.05) is 12.1 Å². The molecule has 33 heavy (non-hydrogen) atoms. The summed E-state index contributed by atoms with van der Waals surface area (Å²) in [5.41, 5.74) is 0.168. The Labute approximate surface area is 188 Å². The zero-order chi connectivity index (χ0) is 23.7. The smallest absolute Gasteiger partial charge is 0.300 e. The molecule has 2 heterocycles. The molecule has 0 aliphatic carbocycles. The van der Waals surface area contributed by atoms with Crippen molar-refractivity contribution in [3.05, 3.63) is 95.3 Å². The first-order valence-corrected chi connectivity index (χ1v) is 10.2. The van der Waals surface area contributed by atoms with E-state index >= 15 is 0 Å². The number of hydrogen-bond donors (Lipinski definition) is 1. The molecule has 1 fully saturated rings. The van der Waals surface area contributed by atoms with Gasteiger partial charge in [0.2, 0.25) is 0 Å². The fourth-order valence-electron chi connectivity index (χ4n) is 3.76. The number of carbonyl (C=O) groups is 2. The second-order valence-electron chi connectivity index (χ2n) is 7.74. The van der Waals surface area contributed by atoms with Crippen molar-refractivity contribution in [2.75, 3.05) is 4.90 Å². The molecule has 1 aliphatic heterocycles. The van der Waals surface area contributed by atoms with Gasteiger partial charge >= 0.3 is 0 Å². The normalized spacial score (nSPS) is 17.6. The van der Waals surface area contributed by atoms with Gasteiger partial charge in [0.25, 0.3) is 11.7 Å². The number of ketones is 1. The van der Waals surface area contributed by atoms with Crippen LogP contribution in [0.2, 0.25) is 0 Å². The van der Waals surface area contributed by atoms with Gasteiger partial charge in [-0.05, 0) is 55.8 Å². The number of carbonyl (C=O) groups excluding carboxylic acids is 2. The van der Waals surface area contributed by atoms with Crippen LogP contribution in [0.5, 0.6) is 5.75 Å². The second-order valence-corrected chi connectivity index (χ2v) is 7.74. The van der Waals surface area contributed by atoms with Gasteiger partial charge in [0.05, 0.1) is 23.4 Å². The van der Waals surface area contributed by atoms with Crippen LogP contribution >= 0.6 is 0 Å². The maximum atomic E-state index is 14.7. The lowest BCUT2D eigenvalue weighted by Crippen LogP contribution is -2.30. The van der Waals surface area contributed by atoms with Crippen molar-refractivity contribution in [3.8, 4) is 5.75 Å². The number of hydrogen-bond acceptors (Lipinski definition) is 5. The summed E-state index contributed by atoms with van der Waals surface area (Å²) >= 11 is 0.